The summed E-state index contributed by atoms with van der Waals surface area (Å²) in [6, 6.07) is 4.52. The van der Waals surface area contributed by atoms with Crippen molar-refractivity contribution in [2.24, 2.45) is 11.3 Å². The third-order valence-corrected chi connectivity index (χ3v) is 6.24. The zero-order valence-electron chi connectivity index (χ0n) is 9.72. The Morgan fingerprint density at radius 3 is 2.67 bits per heavy atom. The Morgan fingerprint density at radius 1 is 1.47 bits per heavy atom. The third kappa shape index (κ3) is 2.31. The number of hydrogen-bond acceptors (Lipinski definition) is 1. The summed E-state index contributed by atoms with van der Waals surface area (Å²) in [5.74, 6) is 0.801. The van der Waals surface area contributed by atoms with Gasteiger partial charge < -0.3 is 0 Å². The lowest BCUT2D eigenvalue weighted by molar-refractivity contribution is 0.258. The van der Waals surface area contributed by atoms with E-state index in [4.69, 9.17) is 0 Å². The Kier molecular flexibility index (Phi) is 3.27. The molecule has 0 aromatic carbocycles. The first-order valence-corrected chi connectivity index (χ1v) is 7.44. The van der Waals surface area contributed by atoms with Crippen molar-refractivity contribution in [2.45, 2.75) is 44.9 Å². The lowest BCUT2D eigenvalue weighted by atomic mass is 9.80. The zero-order valence-corrected chi connectivity index (χ0v) is 12.1. The highest BCUT2D eigenvalue weighted by atomic mass is 79.9. The van der Waals surface area contributed by atoms with Crippen LogP contribution in [0.4, 0.5) is 0 Å². The van der Waals surface area contributed by atoms with E-state index in [0.717, 1.165) is 5.92 Å². The molecule has 0 radical (unpaired) electrons. The first-order chi connectivity index (χ1) is 7.00. The summed E-state index contributed by atoms with van der Waals surface area (Å²) in [7, 11) is 0. The standard InChI is InChI=1S/C13H19BrS/c1-9-6-7-11(15-9)12(14)10-5-4-8-13(10,2)3/h6-7,10,12H,4-5,8H2,1-3H3. The summed E-state index contributed by atoms with van der Waals surface area (Å²) in [4.78, 5) is 3.49. The molecule has 0 nitrogen and oxygen atoms in total. The van der Waals surface area contributed by atoms with Gasteiger partial charge in [0.2, 0.25) is 0 Å². The number of hydrogen-bond donors (Lipinski definition) is 0. The van der Waals surface area contributed by atoms with Gasteiger partial charge in [-0.3, -0.25) is 0 Å². The topological polar surface area (TPSA) is 0 Å². The molecule has 1 aliphatic carbocycles. The Labute approximate surface area is 105 Å². The minimum absolute atomic E-state index is 0.506. The highest BCUT2D eigenvalue weighted by Crippen LogP contribution is 2.52. The van der Waals surface area contributed by atoms with Crippen LogP contribution in [0.3, 0.4) is 0 Å². The van der Waals surface area contributed by atoms with Gasteiger partial charge in [0.25, 0.3) is 0 Å². The molecule has 0 N–H and O–H groups in total. The molecule has 0 bridgehead atoms. The molecule has 1 aliphatic rings. The van der Waals surface area contributed by atoms with Gasteiger partial charge in [0.05, 0.1) is 4.83 Å². The predicted molar refractivity (Wildman–Crippen MR) is 71.8 cm³/mol. The molecule has 1 aromatic rings. The predicted octanol–water partition coefficient (Wildman–Crippen LogP) is 5.32. The van der Waals surface area contributed by atoms with Gasteiger partial charge >= 0.3 is 0 Å². The van der Waals surface area contributed by atoms with E-state index in [2.05, 4.69) is 48.8 Å². The van der Waals surface area contributed by atoms with E-state index in [1.807, 2.05) is 11.3 Å². The molecule has 0 aliphatic heterocycles. The van der Waals surface area contributed by atoms with Gasteiger partial charge in [-0.1, -0.05) is 36.2 Å². The van der Waals surface area contributed by atoms with Gasteiger partial charge in [0, 0.05) is 9.75 Å². The SMILES string of the molecule is Cc1ccc(C(Br)C2CCCC2(C)C)s1. The maximum Gasteiger partial charge on any atom is 0.0522 e. The van der Waals surface area contributed by atoms with E-state index in [1.165, 1.54) is 29.0 Å². The molecule has 2 atom stereocenters. The fourth-order valence-corrected chi connectivity index (χ4v) is 5.03. The molecule has 2 unspecified atom stereocenters. The molecule has 0 spiro atoms. The molecule has 1 heterocycles. The monoisotopic (exact) mass is 286 g/mol. The maximum absolute atomic E-state index is 3.91. The van der Waals surface area contributed by atoms with E-state index in [9.17, 15) is 0 Å². The van der Waals surface area contributed by atoms with E-state index in [-0.39, 0.29) is 0 Å². The van der Waals surface area contributed by atoms with Crippen LogP contribution in [0.2, 0.25) is 0 Å². The van der Waals surface area contributed by atoms with Crippen LogP contribution in [0.5, 0.6) is 0 Å². The summed E-state index contributed by atoms with van der Waals surface area (Å²) < 4.78 is 0. The second-order valence-corrected chi connectivity index (χ2v) is 7.64. The smallest absolute Gasteiger partial charge is 0.0522 e. The highest BCUT2D eigenvalue weighted by Gasteiger charge is 2.39. The summed E-state index contributed by atoms with van der Waals surface area (Å²) in [6.45, 7) is 7.02. The number of thiophene rings is 1. The van der Waals surface area contributed by atoms with Gasteiger partial charge in [0.1, 0.15) is 0 Å². The van der Waals surface area contributed by atoms with Gasteiger partial charge in [-0.25, -0.2) is 0 Å². The van der Waals surface area contributed by atoms with Crippen LogP contribution in [0, 0.1) is 18.3 Å². The van der Waals surface area contributed by atoms with E-state index in [0.29, 0.717) is 10.2 Å². The number of aryl methyl sites for hydroxylation is 1. The Bertz CT molecular complexity index is 340. The van der Waals surface area contributed by atoms with Crippen LogP contribution in [0.15, 0.2) is 12.1 Å². The average molecular weight is 287 g/mol. The van der Waals surface area contributed by atoms with Gasteiger partial charge in [-0.05, 0) is 43.2 Å². The molecule has 84 valence electrons. The van der Waals surface area contributed by atoms with Crippen LogP contribution in [-0.2, 0) is 0 Å². The highest BCUT2D eigenvalue weighted by molar-refractivity contribution is 9.09. The molecular formula is C13H19BrS. The number of rotatable bonds is 2. The lowest BCUT2D eigenvalue weighted by Gasteiger charge is -2.30. The van der Waals surface area contributed by atoms with Crippen LogP contribution in [-0.4, -0.2) is 0 Å². The molecule has 15 heavy (non-hydrogen) atoms. The second kappa shape index (κ2) is 4.21. The van der Waals surface area contributed by atoms with Crippen molar-refractivity contribution in [3.8, 4) is 0 Å². The van der Waals surface area contributed by atoms with Crippen LogP contribution in [0.1, 0.15) is 47.7 Å². The van der Waals surface area contributed by atoms with Crippen molar-refractivity contribution in [3.05, 3.63) is 21.9 Å². The maximum atomic E-state index is 3.91. The Morgan fingerprint density at radius 2 is 2.20 bits per heavy atom. The molecule has 1 saturated carbocycles. The van der Waals surface area contributed by atoms with Crippen LogP contribution >= 0.6 is 27.3 Å². The van der Waals surface area contributed by atoms with Crippen molar-refractivity contribution >= 4 is 27.3 Å². The van der Waals surface area contributed by atoms with Gasteiger partial charge in [-0.15, -0.1) is 11.3 Å². The fraction of sp³-hybridized carbons (Fsp3) is 0.692. The summed E-state index contributed by atoms with van der Waals surface area (Å²) in [5.41, 5.74) is 0.506. The van der Waals surface area contributed by atoms with Gasteiger partial charge in [-0.2, -0.15) is 0 Å². The summed E-state index contributed by atoms with van der Waals surface area (Å²) in [5, 5.41) is 0. The van der Waals surface area contributed by atoms with Crippen molar-refractivity contribution in [1.29, 1.82) is 0 Å². The first kappa shape index (κ1) is 11.7. The quantitative estimate of drug-likeness (QED) is 0.646. The Hall–Kier alpha value is 0.180. The van der Waals surface area contributed by atoms with Crippen molar-refractivity contribution < 1.29 is 0 Å². The third-order valence-electron chi connectivity index (χ3n) is 3.73. The summed E-state index contributed by atoms with van der Waals surface area (Å²) in [6.07, 6.45) is 4.15. The number of halogens is 1. The Balaban J connectivity index is 2.17. The normalized spacial score (nSPS) is 26.8. The molecular weight excluding hydrogens is 268 g/mol. The van der Waals surface area contributed by atoms with Crippen LogP contribution < -0.4 is 0 Å². The zero-order chi connectivity index (χ0) is 11.1. The van der Waals surface area contributed by atoms with E-state index >= 15 is 0 Å². The molecule has 1 fully saturated rings. The number of alkyl halides is 1. The molecule has 1 aromatic heterocycles. The van der Waals surface area contributed by atoms with Crippen LogP contribution in [0.25, 0.3) is 0 Å². The molecule has 0 saturated heterocycles. The van der Waals surface area contributed by atoms with Crippen molar-refractivity contribution in [1.82, 2.24) is 0 Å². The minimum atomic E-state index is 0.506. The molecule has 0 amide bonds. The molecule has 2 rings (SSSR count). The minimum Gasteiger partial charge on any atom is -0.145 e. The van der Waals surface area contributed by atoms with Crippen molar-refractivity contribution in [2.75, 3.05) is 0 Å². The van der Waals surface area contributed by atoms with Gasteiger partial charge in [0.15, 0.2) is 0 Å². The second-order valence-electron chi connectivity index (χ2n) is 5.34. The molecule has 2 heteroatoms. The van der Waals surface area contributed by atoms with Crippen molar-refractivity contribution in [3.63, 3.8) is 0 Å². The van der Waals surface area contributed by atoms with E-state index < -0.39 is 0 Å². The fourth-order valence-electron chi connectivity index (χ4n) is 2.70. The average Bonchev–Trinajstić information content (AvgIpc) is 2.70. The van der Waals surface area contributed by atoms with E-state index in [1.54, 1.807) is 0 Å². The first-order valence-electron chi connectivity index (χ1n) is 5.71. The lowest BCUT2D eigenvalue weighted by Crippen LogP contribution is -2.20. The largest absolute Gasteiger partial charge is 0.145 e. The summed E-state index contributed by atoms with van der Waals surface area (Å²) >= 11 is 5.85.